The molecule has 0 saturated heterocycles. The molecule has 94 valence electrons. The highest BCUT2D eigenvalue weighted by Crippen LogP contribution is 2.12. The fourth-order valence-corrected chi connectivity index (χ4v) is 2.19. The Kier molecular flexibility index (Phi) is 6.85. The molecule has 0 bridgehead atoms. The van der Waals surface area contributed by atoms with Crippen LogP contribution in [0.1, 0.15) is 16.8 Å². The summed E-state index contributed by atoms with van der Waals surface area (Å²) in [6.07, 6.45) is 2.69. The molecule has 0 fully saturated rings. The Labute approximate surface area is 116 Å². The van der Waals surface area contributed by atoms with Gasteiger partial charge in [-0.1, -0.05) is 28.1 Å². The number of ketones is 1. The Morgan fingerprint density at radius 1 is 1.29 bits per heavy atom. The fourth-order valence-electron chi connectivity index (χ4n) is 1.43. The number of rotatable bonds is 7. The van der Waals surface area contributed by atoms with Crippen LogP contribution in [0.25, 0.3) is 0 Å². The molecule has 0 heterocycles. The van der Waals surface area contributed by atoms with Gasteiger partial charge in [0.1, 0.15) is 0 Å². The van der Waals surface area contributed by atoms with Gasteiger partial charge in [0.05, 0.1) is 0 Å². The van der Waals surface area contributed by atoms with Gasteiger partial charge in [-0.2, -0.15) is 11.8 Å². The highest BCUT2D eigenvalue weighted by atomic mass is 79.9. The maximum atomic E-state index is 11.9. The van der Waals surface area contributed by atoms with Crippen LogP contribution in [-0.2, 0) is 0 Å². The number of carbonyl (C=O) groups excluding carboxylic acids is 1. The van der Waals surface area contributed by atoms with Crippen molar-refractivity contribution < 1.29 is 4.79 Å². The van der Waals surface area contributed by atoms with E-state index in [1.165, 1.54) is 0 Å². The van der Waals surface area contributed by atoms with Gasteiger partial charge in [0.25, 0.3) is 0 Å². The smallest absolute Gasteiger partial charge is 0.164 e. The first kappa shape index (κ1) is 14.7. The van der Waals surface area contributed by atoms with Crippen molar-refractivity contribution in [3.05, 3.63) is 34.3 Å². The van der Waals surface area contributed by atoms with Gasteiger partial charge in [0.15, 0.2) is 5.78 Å². The number of hydrogen-bond donors (Lipinski definition) is 0. The van der Waals surface area contributed by atoms with E-state index in [0.29, 0.717) is 6.42 Å². The molecule has 2 nitrogen and oxygen atoms in total. The maximum absolute atomic E-state index is 11.9. The summed E-state index contributed by atoms with van der Waals surface area (Å²) in [6.45, 7) is 1.87. The summed E-state index contributed by atoms with van der Waals surface area (Å²) in [7, 11) is 2.06. The van der Waals surface area contributed by atoms with Crippen molar-refractivity contribution in [2.24, 2.45) is 0 Å². The average Bonchev–Trinajstić information content (AvgIpc) is 2.34. The number of thioether (sulfide) groups is 1. The summed E-state index contributed by atoms with van der Waals surface area (Å²) in [5.74, 6) is 1.33. The van der Waals surface area contributed by atoms with Crippen molar-refractivity contribution in [2.75, 3.05) is 32.1 Å². The number of Topliss-reactive ketones (excluding diaryl/α,β-unsaturated/α-hetero) is 1. The van der Waals surface area contributed by atoms with Crippen molar-refractivity contribution in [3.8, 4) is 0 Å². The molecule has 0 aliphatic carbocycles. The predicted molar refractivity (Wildman–Crippen MR) is 79.0 cm³/mol. The first-order valence-corrected chi connectivity index (χ1v) is 7.78. The number of benzene rings is 1. The monoisotopic (exact) mass is 315 g/mol. The van der Waals surface area contributed by atoms with Gasteiger partial charge >= 0.3 is 0 Å². The lowest BCUT2D eigenvalue weighted by Gasteiger charge is -2.15. The van der Waals surface area contributed by atoms with Crippen molar-refractivity contribution in [3.63, 3.8) is 0 Å². The van der Waals surface area contributed by atoms with Gasteiger partial charge < -0.3 is 4.90 Å². The molecule has 1 aromatic rings. The van der Waals surface area contributed by atoms with Gasteiger partial charge in [0.2, 0.25) is 0 Å². The highest BCUT2D eigenvalue weighted by molar-refractivity contribution is 9.10. The van der Waals surface area contributed by atoms with E-state index in [-0.39, 0.29) is 5.78 Å². The van der Waals surface area contributed by atoms with Crippen LogP contribution in [0.2, 0.25) is 0 Å². The zero-order valence-electron chi connectivity index (χ0n) is 10.3. The summed E-state index contributed by atoms with van der Waals surface area (Å²) in [5, 5.41) is 0. The first-order valence-electron chi connectivity index (χ1n) is 5.59. The van der Waals surface area contributed by atoms with Crippen LogP contribution in [0.4, 0.5) is 0 Å². The van der Waals surface area contributed by atoms with Gasteiger partial charge in [-0.25, -0.2) is 0 Å². The van der Waals surface area contributed by atoms with E-state index in [2.05, 4.69) is 34.1 Å². The molecule has 17 heavy (non-hydrogen) atoms. The fraction of sp³-hybridized carbons (Fsp3) is 0.462. The molecule has 0 aliphatic heterocycles. The second kappa shape index (κ2) is 7.90. The Hall–Kier alpha value is -0.320. The molecule has 1 rings (SSSR count). The van der Waals surface area contributed by atoms with E-state index >= 15 is 0 Å². The van der Waals surface area contributed by atoms with Crippen LogP contribution < -0.4 is 0 Å². The summed E-state index contributed by atoms with van der Waals surface area (Å²) in [6, 6.07) is 7.55. The molecule has 0 radical (unpaired) electrons. The predicted octanol–water partition coefficient (Wildman–Crippen LogP) is 3.32. The molecule has 0 atom stereocenters. The van der Waals surface area contributed by atoms with E-state index in [9.17, 15) is 4.79 Å². The number of hydrogen-bond acceptors (Lipinski definition) is 3. The van der Waals surface area contributed by atoms with Crippen molar-refractivity contribution >= 4 is 33.5 Å². The largest absolute Gasteiger partial charge is 0.305 e. The van der Waals surface area contributed by atoms with Gasteiger partial charge in [0, 0.05) is 35.3 Å². The quantitative estimate of drug-likeness (QED) is 0.720. The van der Waals surface area contributed by atoms with Gasteiger partial charge in [-0.3, -0.25) is 4.79 Å². The Morgan fingerprint density at radius 3 is 2.53 bits per heavy atom. The summed E-state index contributed by atoms with van der Waals surface area (Å²) >= 11 is 5.19. The minimum Gasteiger partial charge on any atom is -0.305 e. The van der Waals surface area contributed by atoms with Crippen LogP contribution in [0.5, 0.6) is 0 Å². The van der Waals surface area contributed by atoms with E-state index < -0.39 is 0 Å². The molecule has 1 aromatic carbocycles. The highest BCUT2D eigenvalue weighted by Gasteiger charge is 2.07. The Bertz CT molecular complexity index is 353. The van der Waals surface area contributed by atoms with Gasteiger partial charge in [-0.05, 0) is 25.4 Å². The number of carbonyl (C=O) groups is 1. The zero-order valence-corrected chi connectivity index (χ0v) is 12.7. The zero-order chi connectivity index (χ0) is 12.7. The molecule has 4 heteroatoms. The molecule has 0 unspecified atom stereocenters. The number of nitrogens with zero attached hydrogens (tertiary/aromatic N) is 1. The lowest BCUT2D eigenvalue weighted by atomic mass is 10.1. The van der Waals surface area contributed by atoms with Crippen LogP contribution in [0, 0.1) is 0 Å². The van der Waals surface area contributed by atoms with Crippen molar-refractivity contribution in [2.45, 2.75) is 6.42 Å². The van der Waals surface area contributed by atoms with Crippen molar-refractivity contribution in [1.82, 2.24) is 4.90 Å². The van der Waals surface area contributed by atoms with E-state index in [4.69, 9.17) is 0 Å². The minimum atomic E-state index is 0.216. The van der Waals surface area contributed by atoms with E-state index in [1.807, 2.05) is 36.0 Å². The topological polar surface area (TPSA) is 20.3 Å². The molecule has 0 aliphatic rings. The SMILES string of the molecule is CSCCN(C)CCC(=O)c1ccc(Br)cc1. The van der Waals surface area contributed by atoms with Crippen LogP contribution in [-0.4, -0.2) is 42.8 Å². The number of halogens is 1. The standard InChI is InChI=1S/C13H18BrNOS/c1-15(9-10-17-2)8-7-13(16)11-3-5-12(14)6-4-11/h3-6H,7-10H2,1-2H3. The first-order chi connectivity index (χ1) is 8.13. The van der Waals surface area contributed by atoms with E-state index in [0.717, 1.165) is 28.9 Å². The molecule has 0 N–H and O–H groups in total. The lowest BCUT2D eigenvalue weighted by molar-refractivity contribution is 0.0970. The molecule has 0 saturated carbocycles. The second-order valence-electron chi connectivity index (χ2n) is 3.98. The molecular weight excluding hydrogens is 298 g/mol. The third-order valence-corrected chi connectivity index (χ3v) is 3.68. The average molecular weight is 316 g/mol. The normalized spacial score (nSPS) is 10.8. The summed E-state index contributed by atoms with van der Waals surface area (Å²) in [5.41, 5.74) is 0.798. The summed E-state index contributed by atoms with van der Waals surface area (Å²) < 4.78 is 1.01. The van der Waals surface area contributed by atoms with E-state index in [1.54, 1.807) is 0 Å². The lowest BCUT2D eigenvalue weighted by Crippen LogP contribution is -2.24. The second-order valence-corrected chi connectivity index (χ2v) is 5.88. The molecule has 0 aromatic heterocycles. The minimum absolute atomic E-state index is 0.216. The molecule has 0 spiro atoms. The third-order valence-electron chi connectivity index (χ3n) is 2.56. The molecule has 0 amide bonds. The summed E-state index contributed by atoms with van der Waals surface area (Å²) in [4.78, 5) is 14.1. The maximum Gasteiger partial charge on any atom is 0.164 e. The van der Waals surface area contributed by atoms with Crippen LogP contribution in [0.3, 0.4) is 0 Å². The molecular formula is C13H18BrNOS. The Morgan fingerprint density at radius 2 is 1.94 bits per heavy atom. The van der Waals surface area contributed by atoms with Gasteiger partial charge in [-0.15, -0.1) is 0 Å². The van der Waals surface area contributed by atoms with Crippen LogP contribution in [0.15, 0.2) is 28.7 Å². The third kappa shape index (κ3) is 5.70. The van der Waals surface area contributed by atoms with Crippen LogP contribution >= 0.6 is 27.7 Å². The van der Waals surface area contributed by atoms with Crippen molar-refractivity contribution in [1.29, 1.82) is 0 Å². The Balaban J connectivity index is 2.36.